The maximum atomic E-state index is 6.00. The van der Waals surface area contributed by atoms with Crippen molar-refractivity contribution in [2.45, 2.75) is 12.6 Å². The van der Waals surface area contributed by atoms with Crippen molar-refractivity contribution >= 4 is 10.8 Å². The van der Waals surface area contributed by atoms with Crippen molar-refractivity contribution in [3.8, 4) is 0 Å². The van der Waals surface area contributed by atoms with Crippen LogP contribution in [0.25, 0.3) is 10.8 Å². The lowest BCUT2D eigenvalue weighted by molar-refractivity contribution is 0.545. The third kappa shape index (κ3) is 3.13. The molecule has 0 bridgehead atoms. The molecule has 1 atom stereocenters. The molecule has 0 amide bonds. The molecule has 0 aliphatic carbocycles. The van der Waals surface area contributed by atoms with Gasteiger partial charge in [-0.3, -0.25) is 0 Å². The van der Waals surface area contributed by atoms with Crippen molar-refractivity contribution in [3.63, 3.8) is 0 Å². The molecule has 0 heterocycles. The van der Waals surface area contributed by atoms with E-state index in [1.54, 1.807) is 0 Å². The highest BCUT2D eigenvalue weighted by Crippen LogP contribution is 2.24. The predicted molar refractivity (Wildman–Crippen MR) is 89.0 cm³/mol. The molecule has 2 heteroatoms. The number of nitrogens with two attached hydrogens (primary N) is 1. The highest BCUT2D eigenvalue weighted by molar-refractivity contribution is 5.86. The first kappa shape index (κ1) is 13.8. The summed E-state index contributed by atoms with van der Waals surface area (Å²) in [6.07, 6.45) is 0. The van der Waals surface area contributed by atoms with Crippen LogP contribution in [0, 0.1) is 0 Å². The van der Waals surface area contributed by atoms with Crippen LogP contribution in [0.5, 0.6) is 0 Å². The summed E-state index contributed by atoms with van der Waals surface area (Å²) in [6.45, 7) is 1.41. The van der Waals surface area contributed by atoms with Crippen LogP contribution in [0.2, 0.25) is 0 Å². The molecule has 0 aliphatic rings. The van der Waals surface area contributed by atoms with E-state index in [1.807, 2.05) is 6.07 Å². The molecule has 0 spiro atoms. The lowest BCUT2D eigenvalue weighted by Gasteiger charge is -2.19. The standard InChI is InChI=1S/C19H20N2/c20-13-19(21-14-15-7-2-1-3-8-15)18-12-6-10-16-9-4-5-11-17(16)18/h1-12,19,21H,13-14,20H2. The molecule has 0 aliphatic heterocycles. The molecule has 0 fully saturated rings. The lowest BCUT2D eigenvalue weighted by Crippen LogP contribution is -2.28. The average molecular weight is 276 g/mol. The molecule has 106 valence electrons. The summed E-state index contributed by atoms with van der Waals surface area (Å²) >= 11 is 0. The number of benzene rings is 3. The van der Waals surface area contributed by atoms with Crippen molar-refractivity contribution in [2.75, 3.05) is 6.54 Å². The van der Waals surface area contributed by atoms with Gasteiger partial charge in [0.2, 0.25) is 0 Å². The zero-order valence-corrected chi connectivity index (χ0v) is 12.0. The first-order valence-corrected chi connectivity index (χ1v) is 7.33. The van der Waals surface area contributed by atoms with E-state index >= 15 is 0 Å². The fraction of sp³-hybridized carbons (Fsp3) is 0.158. The molecule has 0 radical (unpaired) electrons. The van der Waals surface area contributed by atoms with E-state index in [9.17, 15) is 0 Å². The van der Waals surface area contributed by atoms with Gasteiger partial charge in [0, 0.05) is 19.1 Å². The second-order valence-corrected chi connectivity index (χ2v) is 5.22. The van der Waals surface area contributed by atoms with Gasteiger partial charge in [-0.25, -0.2) is 0 Å². The molecule has 1 unspecified atom stereocenters. The number of fused-ring (bicyclic) bond motifs is 1. The molecule has 21 heavy (non-hydrogen) atoms. The van der Waals surface area contributed by atoms with Crippen LogP contribution < -0.4 is 11.1 Å². The molecular weight excluding hydrogens is 256 g/mol. The van der Waals surface area contributed by atoms with Gasteiger partial charge in [0.15, 0.2) is 0 Å². The molecule has 0 saturated carbocycles. The normalized spacial score (nSPS) is 12.4. The first-order chi connectivity index (χ1) is 10.4. The van der Waals surface area contributed by atoms with Gasteiger partial charge in [-0.2, -0.15) is 0 Å². The summed E-state index contributed by atoms with van der Waals surface area (Å²) in [5.41, 5.74) is 8.54. The van der Waals surface area contributed by atoms with Gasteiger partial charge in [0.05, 0.1) is 0 Å². The first-order valence-electron chi connectivity index (χ1n) is 7.33. The highest BCUT2D eigenvalue weighted by Gasteiger charge is 2.11. The largest absolute Gasteiger partial charge is 0.329 e. The fourth-order valence-electron chi connectivity index (χ4n) is 2.71. The Hall–Kier alpha value is -2.16. The highest BCUT2D eigenvalue weighted by atomic mass is 14.9. The van der Waals surface area contributed by atoms with Gasteiger partial charge in [-0.05, 0) is 21.9 Å². The molecule has 3 aromatic carbocycles. The van der Waals surface area contributed by atoms with Crippen LogP contribution >= 0.6 is 0 Å². The molecule has 3 rings (SSSR count). The number of nitrogens with one attached hydrogen (secondary N) is 1. The van der Waals surface area contributed by atoms with Crippen LogP contribution in [0.4, 0.5) is 0 Å². The average Bonchev–Trinajstić information content (AvgIpc) is 2.56. The molecule has 2 nitrogen and oxygen atoms in total. The Balaban J connectivity index is 1.85. The van der Waals surface area contributed by atoms with E-state index in [4.69, 9.17) is 5.73 Å². The van der Waals surface area contributed by atoms with Gasteiger partial charge in [-0.15, -0.1) is 0 Å². The molecule has 0 aromatic heterocycles. The minimum absolute atomic E-state index is 0.163. The van der Waals surface area contributed by atoms with Crippen LogP contribution in [0.3, 0.4) is 0 Å². The minimum atomic E-state index is 0.163. The second kappa shape index (κ2) is 6.53. The van der Waals surface area contributed by atoms with Gasteiger partial charge < -0.3 is 11.1 Å². The Morgan fingerprint density at radius 1 is 0.810 bits per heavy atom. The van der Waals surface area contributed by atoms with Crippen LogP contribution in [0.1, 0.15) is 17.2 Å². The Morgan fingerprint density at radius 2 is 1.52 bits per heavy atom. The van der Waals surface area contributed by atoms with E-state index < -0.39 is 0 Å². The summed E-state index contributed by atoms with van der Waals surface area (Å²) in [5.74, 6) is 0. The Morgan fingerprint density at radius 3 is 2.33 bits per heavy atom. The third-order valence-electron chi connectivity index (χ3n) is 3.83. The summed E-state index contributed by atoms with van der Waals surface area (Å²) in [6, 6.07) is 25.4. The van der Waals surface area contributed by atoms with Gasteiger partial charge in [0.1, 0.15) is 0 Å². The smallest absolute Gasteiger partial charge is 0.0453 e. The van der Waals surface area contributed by atoms with Gasteiger partial charge in [-0.1, -0.05) is 72.8 Å². The molecular formula is C19H20N2. The van der Waals surface area contributed by atoms with Crippen LogP contribution in [-0.2, 0) is 6.54 Å². The summed E-state index contributed by atoms with van der Waals surface area (Å²) in [7, 11) is 0. The van der Waals surface area contributed by atoms with Crippen molar-refractivity contribution in [1.82, 2.24) is 5.32 Å². The number of hydrogen-bond donors (Lipinski definition) is 2. The minimum Gasteiger partial charge on any atom is -0.329 e. The Bertz CT molecular complexity index is 702. The van der Waals surface area contributed by atoms with E-state index in [2.05, 4.69) is 72.0 Å². The summed E-state index contributed by atoms with van der Waals surface area (Å²) in [4.78, 5) is 0. The van der Waals surface area contributed by atoms with Crippen molar-refractivity contribution in [2.24, 2.45) is 5.73 Å². The van der Waals surface area contributed by atoms with Gasteiger partial charge >= 0.3 is 0 Å². The topological polar surface area (TPSA) is 38.0 Å². The van der Waals surface area contributed by atoms with E-state index in [0.717, 1.165) is 6.54 Å². The molecule has 3 N–H and O–H groups in total. The monoisotopic (exact) mass is 276 g/mol. The maximum absolute atomic E-state index is 6.00. The van der Waals surface area contributed by atoms with Crippen LogP contribution in [-0.4, -0.2) is 6.54 Å². The molecule has 0 saturated heterocycles. The quantitative estimate of drug-likeness (QED) is 0.747. The lowest BCUT2D eigenvalue weighted by atomic mass is 9.98. The Labute approximate surface area is 125 Å². The van der Waals surface area contributed by atoms with E-state index in [0.29, 0.717) is 6.54 Å². The number of rotatable bonds is 5. The van der Waals surface area contributed by atoms with Crippen molar-refractivity contribution in [3.05, 3.63) is 83.9 Å². The van der Waals surface area contributed by atoms with Crippen molar-refractivity contribution in [1.29, 1.82) is 0 Å². The molecule has 3 aromatic rings. The third-order valence-corrected chi connectivity index (χ3v) is 3.83. The zero-order chi connectivity index (χ0) is 14.5. The zero-order valence-electron chi connectivity index (χ0n) is 12.0. The SMILES string of the molecule is NCC(NCc1ccccc1)c1cccc2ccccc12. The van der Waals surface area contributed by atoms with Gasteiger partial charge in [0.25, 0.3) is 0 Å². The summed E-state index contributed by atoms with van der Waals surface area (Å²) in [5, 5.41) is 6.10. The van der Waals surface area contributed by atoms with Crippen molar-refractivity contribution < 1.29 is 0 Å². The Kier molecular flexibility index (Phi) is 4.29. The maximum Gasteiger partial charge on any atom is 0.0453 e. The van der Waals surface area contributed by atoms with E-state index in [-0.39, 0.29) is 6.04 Å². The fourth-order valence-corrected chi connectivity index (χ4v) is 2.71. The predicted octanol–water partition coefficient (Wildman–Crippen LogP) is 3.63. The van der Waals surface area contributed by atoms with Crippen LogP contribution in [0.15, 0.2) is 72.8 Å². The second-order valence-electron chi connectivity index (χ2n) is 5.22. The van der Waals surface area contributed by atoms with E-state index in [1.165, 1.54) is 21.9 Å². The number of hydrogen-bond acceptors (Lipinski definition) is 2. The summed E-state index contributed by atoms with van der Waals surface area (Å²) < 4.78 is 0.